The number of rotatable bonds is 8. The van der Waals surface area contributed by atoms with E-state index in [0.29, 0.717) is 17.1 Å². The van der Waals surface area contributed by atoms with Crippen molar-refractivity contribution in [2.75, 3.05) is 6.54 Å². The fraction of sp³-hybridized carbons (Fsp3) is 0.280. The minimum atomic E-state index is -2.11. The number of hydrogen-bond donors (Lipinski definition) is 3. The molecule has 9 heteroatoms. The van der Waals surface area contributed by atoms with Gasteiger partial charge in [-0.2, -0.15) is 0 Å². The predicted molar refractivity (Wildman–Crippen MR) is 120 cm³/mol. The topological polar surface area (TPSA) is 133 Å². The number of para-hydroxylation sites is 1. The zero-order valence-corrected chi connectivity index (χ0v) is 18.4. The number of nitrogens with one attached hydrogen (secondary N) is 1. The Hall–Kier alpha value is -3.98. The second-order valence-electron chi connectivity index (χ2n) is 8.31. The zero-order valence-electron chi connectivity index (χ0n) is 18.4. The molecule has 2 aromatic rings. The first kappa shape index (κ1) is 23.2. The molecule has 2 amide bonds. The molecule has 2 aliphatic rings. The third-order valence-electron chi connectivity index (χ3n) is 6.30. The molecule has 4 atom stereocenters. The van der Waals surface area contributed by atoms with Crippen LogP contribution in [0, 0.1) is 11.8 Å². The predicted octanol–water partition coefficient (Wildman–Crippen LogP) is 2.60. The van der Waals surface area contributed by atoms with Gasteiger partial charge < -0.3 is 14.9 Å². The number of imide groups is 1. The molecule has 0 saturated carbocycles. The Morgan fingerprint density at radius 1 is 1.03 bits per heavy atom. The van der Waals surface area contributed by atoms with Gasteiger partial charge in [-0.1, -0.05) is 42.5 Å². The molecule has 0 aromatic heterocycles. The minimum Gasteiger partial charge on any atom is -0.481 e. The second kappa shape index (κ2) is 9.11. The molecule has 0 bridgehead atoms. The molecule has 4 unspecified atom stereocenters. The van der Waals surface area contributed by atoms with Crippen LogP contribution in [0.3, 0.4) is 0 Å². The van der Waals surface area contributed by atoms with E-state index in [4.69, 9.17) is 4.74 Å². The summed E-state index contributed by atoms with van der Waals surface area (Å²) in [5, 5.41) is 22.4. The molecule has 0 radical (unpaired) electrons. The van der Waals surface area contributed by atoms with Crippen LogP contribution in [-0.2, 0) is 19.2 Å². The number of carbonyl (C=O) groups is 4. The van der Waals surface area contributed by atoms with Crippen molar-refractivity contribution in [2.24, 2.45) is 11.8 Å². The van der Waals surface area contributed by atoms with Crippen LogP contribution in [0.15, 0.2) is 66.7 Å². The van der Waals surface area contributed by atoms with E-state index >= 15 is 0 Å². The lowest BCUT2D eigenvalue weighted by Crippen LogP contribution is -2.56. The molecule has 2 heterocycles. The molecule has 176 valence electrons. The molecule has 2 aliphatic heterocycles. The van der Waals surface area contributed by atoms with E-state index in [9.17, 15) is 29.4 Å². The van der Waals surface area contributed by atoms with Gasteiger partial charge in [0.05, 0.1) is 18.3 Å². The van der Waals surface area contributed by atoms with Crippen LogP contribution in [0.4, 0.5) is 0 Å². The quantitative estimate of drug-likeness (QED) is 0.401. The van der Waals surface area contributed by atoms with Gasteiger partial charge in [0.25, 0.3) is 0 Å². The standard InChI is InChI=1S/C25H24N2O7/c1-2-3-13-27-22(30)19-20(23(27)31)25(24(32)33,14-18(28)29)26-21(19)15-9-11-17(12-10-15)34-16-7-5-4-6-8-16/h2-12,19-21,26H,13-14H2,1H3,(H,28,29)(H,32,33). The maximum Gasteiger partial charge on any atom is 0.325 e. The Labute approximate surface area is 195 Å². The number of hydrogen-bond acceptors (Lipinski definition) is 6. The number of ether oxygens (including phenoxy) is 1. The van der Waals surface area contributed by atoms with Crippen molar-refractivity contribution < 1.29 is 34.1 Å². The van der Waals surface area contributed by atoms with Crippen LogP contribution in [0.25, 0.3) is 0 Å². The highest BCUT2D eigenvalue weighted by Gasteiger charge is 2.68. The summed E-state index contributed by atoms with van der Waals surface area (Å²) in [7, 11) is 0. The van der Waals surface area contributed by atoms with E-state index in [1.54, 1.807) is 55.5 Å². The first-order valence-corrected chi connectivity index (χ1v) is 10.8. The van der Waals surface area contributed by atoms with Crippen molar-refractivity contribution in [3.05, 3.63) is 72.3 Å². The van der Waals surface area contributed by atoms with Gasteiger partial charge in [0.1, 0.15) is 17.0 Å². The summed E-state index contributed by atoms with van der Waals surface area (Å²) >= 11 is 0. The highest BCUT2D eigenvalue weighted by molar-refractivity contribution is 6.10. The molecule has 2 aromatic carbocycles. The number of carboxylic acids is 2. The Balaban J connectivity index is 1.71. The van der Waals surface area contributed by atoms with E-state index in [0.717, 1.165) is 4.90 Å². The number of allylic oxidation sites excluding steroid dienone is 1. The smallest absolute Gasteiger partial charge is 0.325 e. The van der Waals surface area contributed by atoms with Crippen molar-refractivity contribution in [3.63, 3.8) is 0 Å². The number of fused-ring (bicyclic) bond motifs is 1. The van der Waals surface area contributed by atoms with Gasteiger partial charge >= 0.3 is 11.9 Å². The average Bonchev–Trinajstić information content (AvgIpc) is 3.27. The highest BCUT2D eigenvalue weighted by Crippen LogP contribution is 2.50. The van der Waals surface area contributed by atoms with Crippen LogP contribution in [-0.4, -0.2) is 50.9 Å². The summed E-state index contributed by atoms with van der Waals surface area (Å²) in [5.74, 6) is -5.30. The van der Waals surface area contributed by atoms with Crippen LogP contribution in [0.2, 0.25) is 0 Å². The monoisotopic (exact) mass is 464 g/mol. The number of benzene rings is 2. The summed E-state index contributed by atoms with van der Waals surface area (Å²) in [6.07, 6.45) is 2.46. The maximum absolute atomic E-state index is 13.3. The average molecular weight is 464 g/mol. The number of carboxylic acid groups (broad SMARTS) is 2. The van der Waals surface area contributed by atoms with Gasteiger partial charge in [0, 0.05) is 12.6 Å². The first-order chi connectivity index (χ1) is 16.3. The number of nitrogens with zero attached hydrogens (tertiary/aromatic N) is 1. The first-order valence-electron chi connectivity index (χ1n) is 10.8. The van der Waals surface area contributed by atoms with E-state index in [1.165, 1.54) is 0 Å². The lowest BCUT2D eigenvalue weighted by atomic mass is 9.77. The summed E-state index contributed by atoms with van der Waals surface area (Å²) in [4.78, 5) is 51.4. The van der Waals surface area contributed by atoms with Crippen LogP contribution >= 0.6 is 0 Å². The van der Waals surface area contributed by atoms with E-state index in [-0.39, 0.29) is 6.54 Å². The maximum atomic E-state index is 13.3. The van der Waals surface area contributed by atoms with E-state index in [2.05, 4.69) is 5.32 Å². The Morgan fingerprint density at radius 3 is 2.26 bits per heavy atom. The van der Waals surface area contributed by atoms with Crippen molar-refractivity contribution in [1.82, 2.24) is 10.2 Å². The molecular formula is C25H24N2O7. The zero-order chi connectivity index (χ0) is 24.5. The lowest BCUT2D eigenvalue weighted by molar-refractivity contribution is -0.155. The molecule has 34 heavy (non-hydrogen) atoms. The third-order valence-corrected chi connectivity index (χ3v) is 6.30. The van der Waals surface area contributed by atoms with Crippen molar-refractivity contribution in [2.45, 2.75) is 24.9 Å². The van der Waals surface area contributed by atoms with Crippen molar-refractivity contribution in [3.8, 4) is 11.5 Å². The largest absolute Gasteiger partial charge is 0.481 e. The number of amides is 2. The van der Waals surface area contributed by atoms with E-state index < -0.39 is 53.6 Å². The lowest BCUT2D eigenvalue weighted by Gasteiger charge is -2.29. The van der Waals surface area contributed by atoms with Crippen molar-refractivity contribution in [1.29, 1.82) is 0 Å². The molecule has 2 fully saturated rings. The molecule has 4 rings (SSSR count). The summed E-state index contributed by atoms with van der Waals surface area (Å²) < 4.78 is 5.78. The van der Waals surface area contributed by atoms with Gasteiger partial charge in [-0.25, -0.2) is 0 Å². The Kier molecular flexibility index (Phi) is 6.21. The van der Waals surface area contributed by atoms with Crippen LogP contribution in [0.5, 0.6) is 11.5 Å². The van der Waals surface area contributed by atoms with Gasteiger partial charge in [0.2, 0.25) is 11.8 Å². The van der Waals surface area contributed by atoms with Gasteiger partial charge in [-0.3, -0.25) is 29.4 Å². The summed E-state index contributed by atoms with van der Waals surface area (Å²) in [6, 6.07) is 15.0. The number of aliphatic carboxylic acids is 2. The minimum absolute atomic E-state index is 0.000507. The van der Waals surface area contributed by atoms with Gasteiger partial charge in [-0.15, -0.1) is 0 Å². The summed E-state index contributed by atoms with van der Waals surface area (Å²) in [6.45, 7) is 1.74. The van der Waals surface area contributed by atoms with E-state index in [1.807, 2.05) is 18.2 Å². The highest BCUT2D eigenvalue weighted by atomic mass is 16.5. The Morgan fingerprint density at radius 2 is 1.68 bits per heavy atom. The van der Waals surface area contributed by atoms with Crippen molar-refractivity contribution >= 4 is 23.8 Å². The number of likely N-dealkylation sites (tertiary alicyclic amines) is 1. The fourth-order valence-electron chi connectivity index (χ4n) is 4.78. The van der Waals surface area contributed by atoms with Crippen LogP contribution in [0.1, 0.15) is 24.9 Å². The van der Waals surface area contributed by atoms with Gasteiger partial charge in [-0.05, 0) is 36.8 Å². The molecular weight excluding hydrogens is 440 g/mol. The normalized spacial score (nSPS) is 26.1. The molecule has 2 saturated heterocycles. The molecule has 0 spiro atoms. The number of carbonyl (C=O) groups excluding carboxylic acids is 2. The molecule has 3 N–H and O–H groups in total. The van der Waals surface area contributed by atoms with Gasteiger partial charge in [0.15, 0.2) is 0 Å². The Bertz CT molecular complexity index is 1150. The second-order valence-corrected chi connectivity index (χ2v) is 8.31. The van der Waals surface area contributed by atoms with Crippen LogP contribution < -0.4 is 10.1 Å². The molecule has 9 nitrogen and oxygen atoms in total. The fourth-order valence-corrected chi connectivity index (χ4v) is 4.78. The third kappa shape index (κ3) is 3.94. The summed E-state index contributed by atoms with van der Waals surface area (Å²) in [5.41, 5.74) is -1.56. The SMILES string of the molecule is CC=CCN1C(=O)C2C(c3ccc(Oc4ccccc4)cc3)NC(CC(=O)O)(C(=O)O)C2C1=O. The molecule has 0 aliphatic carbocycles.